The maximum atomic E-state index is 12.5. The van der Waals surface area contributed by atoms with E-state index in [1.165, 1.54) is 11.3 Å². The van der Waals surface area contributed by atoms with Gasteiger partial charge in [-0.15, -0.1) is 0 Å². The van der Waals surface area contributed by atoms with Gasteiger partial charge >= 0.3 is 24.8 Å². The third-order valence-corrected chi connectivity index (χ3v) is 7.50. The summed E-state index contributed by atoms with van der Waals surface area (Å²) >= 11 is 13.4. The Kier molecular flexibility index (Phi) is 6.61. The van der Waals surface area contributed by atoms with Crippen molar-refractivity contribution in [3.05, 3.63) is 32.0 Å². The number of aryl methyl sites for hydroxylation is 2. The van der Waals surface area contributed by atoms with Crippen molar-refractivity contribution in [2.24, 2.45) is 11.8 Å². The summed E-state index contributed by atoms with van der Waals surface area (Å²) in [5, 5.41) is 13.8. The number of aromatic nitrogens is 2. The van der Waals surface area contributed by atoms with Crippen molar-refractivity contribution >= 4 is 70.4 Å². The molecule has 11 heteroatoms. The number of aromatic amines is 1. The molecule has 3 heterocycles. The van der Waals surface area contributed by atoms with Crippen molar-refractivity contribution < 1.29 is 14.7 Å². The summed E-state index contributed by atoms with van der Waals surface area (Å²) in [6.07, 6.45) is 1.52. The van der Waals surface area contributed by atoms with Crippen molar-refractivity contribution in [1.29, 1.82) is 0 Å². The van der Waals surface area contributed by atoms with Gasteiger partial charge in [0.2, 0.25) is 0 Å². The summed E-state index contributed by atoms with van der Waals surface area (Å²) in [4.78, 5) is 33.9. The molecule has 3 atom stereocenters. The second-order valence-corrected chi connectivity index (χ2v) is 9.05. The van der Waals surface area contributed by atoms with Crippen LogP contribution in [0.5, 0.6) is 0 Å². The third-order valence-electron chi connectivity index (χ3n) is 5.41. The Morgan fingerprint density at radius 1 is 1.31 bits per heavy atom. The minimum absolute atomic E-state index is 0. The molecule has 1 amide bonds. The van der Waals surface area contributed by atoms with Gasteiger partial charge in [0.25, 0.3) is 5.91 Å². The number of anilines is 1. The molecule has 1 aliphatic carbocycles. The average Bonchev–Trinajstić information content (AvgIpc) is 3.04. The van der Waals surface area contributed by atoms with Gasteiger partial charge in [-0.1, -0.05) is 47.9 Å². The summed E-state index contributed by atoms with van der Waals surface area (Å²) < 4.78 is 0. The number of carbonyl (C=O) groups excluding carboxylic acids is 1. The van der Waals surface area contributed by atoms with Gasteiger partial charge in [0.15, 0.2) is 5.13 Å². The molecular weight excluding hydrogens is 430 g/mol. The molecule has 1 aliphatic heterocycles. The molecule has 2 fully saturated rings. The van der Waals surface area contributed by atoms with Crippen LogP contribution in [0, 0.1) is 18.8 Å². The van der Waals surface area contributed by atoms with E-state index in [9.17, 15) is 14.7 Å². The number of thiazole rings is 1. The molecule has 7 nitrogen and oxygen atoms in total. The molecule has 4 rings (SSSR count). The normalized spacial score (nSPS) is 22.2. The Morgan fingerprint density at radius 3 is 2.48 bits per heavy atom. The molecule has 0 radical (unpaired) electrons. The molecule has 152 valence electrons. The van der Waals surface area contributed by atoms with Crippen molar-refractivity contribution in [3.8, 4) is 0 Å². The van der Waals surface area contributed by atoms with Gasteiger partial charge in [0.1, 0.15) is 10.6 Å². The van der Waals surface area contributed by atoms with E-state index in [2.05, 4.69) is 20.2 Å². The fourth-order valence-corrected chi connectivity index (χ4v) is 5.28. The second kappa shape index (κ2) is 8.52. The number of fused-ring (bicyclic) bond motifs is 1. The van der Waals surface area contributed by atoms with Crippen LogP contribution in [0.25, 0.3) is 0 Å². The monoisotopic (exact) mass is 450 g/mol. The zero-order chi connectivity index (χ0) is 20.2. The van der Waals surface area contributed by atoms with Crippen LogP contribution in [0.4, 0.5) is 5.13 Å². The van der Waals surface area contributed by atoms with Crippen LogP contribution in [-0.4, -0.2) is 64.9 Å². The minimum atomic E-state index is -0.918. The molecule has 0 spiro atoms. The van der Waals surface area contributed by atoms with Gasteiger partial charge < -0.3 is 20.3 Å². The number of piperidine rings is 1. The summed E-state index contributed by atoms with van der Waals surface area (Å²) in [5.41, 5.74) is 1.62. The van der Waals surface area contributed by atoms with Crippen molar-refractivity contribution in [2.75, 3.05) is 18.0 Å². The van der Waals surface area contributed by atoms with Crippen LogP contribution in [0.1, 0.15) is 44.9 Å². The van der Waals surface area contributed by atoms with Crippen molar-refractivity contribution in [2.45, 2.75) is 32.7 Å². The number of hydrogen-bond acceptors (Lipinski definition) is 5. The average molecular weight is 451 g/mol. The molecule has 1 saturated carbocycles. The molecule has 29 heavy (non-hydrogen) atoms. The molecule has 0 bridgehead atoms. The number of nitrogens with zero attached hydrogens (tertiary/aromatic N) is 2. The number of carboxylic acids is 1. The predicted molar refractivity (Wildman–Crippen MR) is 116 cm³/mol. The Bertz CT molecular complexity index is 951. The van der Waals surface area contributed by atoms with Crippen LogP contribution in [-0.2, 0) is 6.42 Å². The van der Waals surface area contributed by atoms with Crippen LogP contribution in [0.15, 0.2) is 0 Å². The number of carboxylic acid groups (broad SMARTS) is 1. The number of halogens is 2. The first-order chi connectivity index (χ1) is 13.3. The van der Waals surface area contributed by atoms with Gasteiger partial charge in [0, 0.05) is 36.7 Å². The SMILES string of the molecule is CCCc1nc(N2C[C@@H]3C(NC(=O)c4[nH]c(C)c(Cl)c4Cl)[C@@H]3C2)sc1C(=O)O.[LiH]. The van der Waals surface area contributed by atoms with Crippen LogP contribution in [0.2, 0.25) is 10.0 Å². The molecular formula is C18H21Cl2LiN4O3S. The van der Waals surface area contributed by atoms with E-state index in [0.717, 1.165) is 24.6 Å². The second-order valence-electron chi connectivity index (χ2n) is 7.31. The van der Waals surface area contributed by atoms with E-state index in [-0.39, 0.29) is 35.8 Å². The Labute approximate surface area is 194 Å². The van der Waals surface area contributed by atoms with E-state index in [4.69, 9.17) is 23.2 Å². The zero-order valence-electron chi connectivity index (χ0n) is 15.4. The first-order valence-electron chi connectivity index (χ1n) is 9.14. The van der Waals surface area contributed by atoms with Gasteiger partial charge in [0.05, 0.1) is 15.7 Å². The summed E-state index contributed by atoms with van der Waals surface area (Å²) in [6, 6.07) is 0.0937. The number of amides is 1. The molecule has 1 saturated heterocycles. The molecule has 0 aromatic carbocycles. The van der Waals surface area contributed by atoms with Crippen LogP contribution in [0.3, 0.4) is 0 Å². The van der Waals surface area contributed by atoms with E-state index in [1.807, 2.05) is 6.92 Å². The van der Waals surface area contributed by atoms with E-state index >= 15 is 0 Å². The van der Waals surface area contributed by atoms with Crippen LogP contribution < -0.4 is 10.2 Å². The summed E-state index contributed by atoms with van der Waals surface area (Å²) in [6.45, 7) is 5.28. The Hall–Kier alpha value is -1.17. The molecule has 2 aromatic heterocycles. The number of aromatic carboxylic acids is 1. The van der Waals surface area contributed by atoms with E-state index in [0.29, 0.717) is 45.2 Å². The summed E-state index contributed by atoms with van der Waals surface area (Å²) in [5.74, 6) is -0.501. The standard InChI is InChI=1S/C18H20Cl2N4O3S.Li.H/c1-3-4-10-15(17(26)27)28-18(22-10)24-5-8-9(6-24)13(8)23-16(25)14-12(20)11(19)7(2)21-14;;/h8-9,13,21H,3-6H2,1-2H3,(H,23,25)(H,26,27);;/t8-,9+,13?;;. The number of nitrogens with one attached hydrogen (secondary N) is 2. The fraction of sp³-hybridized carbons (Fsp3) is 0.500. The first-order valence-corrected chi connectivity index (χ1v) is 10.7. The van der Waals surface area contributed by atoms with Gasteiger partial charge in [-0.25, -0.2) is 9.78 Å². The molecule has 2 aromatic rings. The summed E-state index contributed by atoms with van der Waals surface area (Å²) in [7, 11) is 0. The number of rotatable bonds is 6. The van der Waals surface area contributed by atoms with Gasteiger partial charge in [-0.3, -0.25) is 4.79 Å². The number of H-pyrrole nitrogens is 1. The zero-order valence-corrected chi connectivity index (χ0v) is 17.7. The van der Waals surface area contributed by atoms with Crippen LogP contribution >= 0.6 is 34.5 Å². The van der Waals surface area contributed by atoms with Crippen molar-refractivity contribution in [3.63, 3.8) is 0 Å². The Balaban J connectivity index is 0.00000240. The predicted octanol–water partition coefficient (Wildman–Crippen LogP) is 2.95. The molecule has 2 aliphatic rings. The van der Waals surface area contributed by atoms with E-state index in [1.54, 1.807) is 6.92 Å². The Morgan fingerprint density at radius 2 is 1.97 bits per heavy atom. The fourth-order valence-electron chi connectivity index (χ4n) is 3.90. The quantitative estimate of drug-likeness (QED) is 0.587. The van der Waals surface area contributed by atoms with Gasteiger partial charge in [-0.2, -0.15) is 0 Å². The third kappa shape index (κ3) is 4.06. The van der Waals surface area contributed by atoms with E-state index < -0.39 is 5.97 Å². The topological polar surface area (TPSA) is 98.3 Å². The number of hydrogen-bond donors (Lipinski definition) is 3. The van der Waals surface area contributed by atoms with Gasteiger partial charge in [-0.05, 0) is 13.3 Å². The van der Waals surface area contributed by atoms with Crippen molar-refractivity contribution in [1.82, 2.24) is 15.3 Å². The molecule has 3 N–H and O–H groups in total. The molecule has 1 unspecified atom stereocenters. The first kappa shape index (κ1) is 22.5. The maximum absolute atomic E-state index is 12.5. The number of carbonyl (C=O) groups is 2.